The molecular formula is C29H31N5O2. The number of fused-ring (bicyclic) bond motifs is 1. The Morgan fingerprint density at radius 3 is 2.56 bits per heavy atom. The first-order valence-electron chi connectivity index (χ1n) is 12.4. The second-order valence-electron chi connectivity index (χ2n) is 9.06. The summed E-state index contributed by atoms with van der Waals surface area (Å²) in [6, 6.07) is 21.7. The molecule has 1 saturated heterocycles. The van der Waals surface area contributed by atoms with E-state index in [1.54, 1.807) is 0 Å². The van der Waals surface area contributed by atoms with Gasteiger partial charge < -0.3 is 15.4 Å². The number of hydrogen-bond acceptors (Lipinski definition) is 6. The zero-order valence-corrected chi connectivity index (χ0v) is 20.8. The summed E-state index contributed by atoms with van der Waals surface area (Å²) in [5, 5.41) is 7.43. The maximum Gasteiger partial charge on any atom is 0.255 e. The van der Waals surface area contributed by atoms with E-state index in [0.717, 1.165) is 72.8 Å². The number of carbonyl (C=O) groups is 1. The number of benzene rings is 3. The van der Waals surface area contributed by atoms with Gasteiger partial charge in [-0.3, -0.25) is 9.69 Å². The van der Waals surface area contributed by atoms with Crippen LogP contribution < -0.4 is 10.6 Å². The summed E-state index contributed by atoms with van der Waals surface area (Å²) in [4.78, 5) is 24.7. The molecule has 1 aliphatic rings. The summed E-state index contributed by atoms with van der Waals surface area (Å²) in [6.07, 6.45) is 0.823. The van der Waals surface area contributed by atoms with Gasteiger partial charge in [-0.1, -0.05) is 37.3 Å². The van der Waals surface area contributed by atoms with Gasteiger partial charge in [0, 0.05) is 42.0 Å². The Labute approximate surface area is 211 Å². The van der Waals surface area contributed by atoms with Crippen molar-refractivity contribution in [2.45, 2.75) is 26.8 Å². The summed E-state index contributed by atoms with van der Waals surface area (Å²) < 4.78 is 5.44. The van der Waals surface area contributed by atoms with E-state index < -0.39 is 0 Å². The maximum absolute atomic E-state index is 13.0. The third-order valence-corrected chi connectivity index (χ3v) is 6.48. The second-order valence-corrected chi connectivity index (χ2v) is 9.06. The van der Waals surface area contributed by atoms with E-state index in [2.05, 4.69) is 50.6 Å². The average Bonchev–Trinajstić information content (AvgIpc) is 2.91. The van der Waals surface area contributed by atoms with Crippen molar-refractivity contribution < 1.29 is 9.53 Å². The number of para-hydroxylation sites is 1. The fraction of sp³-hybridized carbons (Fsp3) is 0.276. The van der Waals surface area contributed by atoms with Gasteiger partial charge in [-0.2, -0.15) is 0 Å². The van der Waals surface area contributed by atoms with Gasteiger partial charge in [-0.05, 0) is 60.9 Å². The predicted octanol–water partition coefficient (Wildman–Crippen LogP) is 5.33. The second kappa shape index (κ2) is 10.8. The molecule has 7 heteroatoms. The Kier molecular flexibility index (Phi) is 7.21. The highest BCUT2D eigenvalue weighted by Crippen LogP contribution is 2.22. The molecule has 0 bridgehead atoms. The molecule has 184 valence electrons. The lowest BCUT2D eigenvalue weighted by Crippen LogP contribution is -2.35. The summed E-state index contributed by atoms with van der Waals surface area (Å²) in [7, 11) is 0. The van der Waals surface area contributed by atoms with Gasteiger partial charge in [0.15, 0.2) is 0 Å². The molecule has 0 atom stereocenters. The molecule has 0 unspecified atom stereocenters. The third kappa shape index (κ3) is 5.53. The van der Waals surface area contributed by atoms with Crippen LogP contribution >= 0.6 is 0 Å². The van der Waals surface area contributed by atoms with Crippen LogP contribution in [0.3, 0.4) is 0 Å². The minimum atomic E-state index is -0.136. The first-order chi connectivity index (χ1) is 17.6. The third-order valence-electron chi connectivity index (χ3n) is 6.48. The van der Waals surface area contributed by atoms with E-state index in [4.69, 9.17) is 4.74 Å². The molecule has 3 aromatic carbocycles. The van der Waals surface area contributed by atoms with Crippen LogP contribution in [-0.4, -0.2) is 47.1 Å². The number of nitrogens with zero attached hydrogens (tertiary/aromatic N) is 3. The predicted molar refractivity (Wildman–Crippen MR) is 144 cm³/mol. The van der Waals surface area contributed by atoms with Crippen LogP contribution in [-0.2, 0) is 17.7 Å². The molecular weight excluding hydrogens is 450 g/mol. The van der Waals surface area contributed by atoms with Crippen molar-refractivity contribution in [1.82, 2.24) is 14.9 Å². The summed E-state index contributed by atoms with van der Waals surface area (Å²) in [5.74, 6) is 0.416. The zero-order chi connectivity index (χ0) is 24.9. The Bertz CT molecular complexity index is 1360. The minimum absolute atomic E-state index is 0.136. The Morgan fingerprint density at radius 2 is 1.78 bits per heavy atom. The van der Waals surface area contributed by atoms with Crippen molar-refractivity contribution in [1.29, 1.82) is 0 Å². The maximum atomic E-state index is 13.0. The number of carbonyl (C=O) groups excluding carboxylic acids is 1. The highest BCUT2D eigenvalue weighted by Gasteiger charge is 2.13. The van der Waals surface area contributed by atoms with Crippen LogP contribution in [0.5, 0.6) is 0 Å². The molecule has 0 aliphatic carbocycles. The van der Waals surface area contributed by atoms with E-state index in [9.17, 15) is 4.79 Å². The Hall–Kier alpha value is -3.81. The van der Waals surface area contributed by atoms with Gasteiger partial charge >= 0.3 is 0 Å². The molecule has 0 radical (unpaired) electrons. The number of amides is 1. The van der Waals surface area contributed by atoms with Crippen LogP contribution in [0.15, 0.2) is 66.7 Å². The number of aromatic nitrogens is 2. The fourth-order valence-electron chi connectivity index (χ4n) is 4.42. The van der Waals surface area contributed by atoms with Gasteiger partial charge in [0.2, 0.25) is 5.95 Å². The molecule has 2 heterocycles. The van der Waals surface area contributed by atoms with E-state index in [0.29, 0.717) is 11.5 Å². The fourth-order valence-corrected chi connectivity index (χ4v) is 4.42. The van der Waals surface area contributed by atoms with E-state index in [1.165, 1.54) is 5.56 Å². The Balaban J connectivity index is 1.26. The lowest BCUT2D eigenvalue weighted by atomic mass is 10.1. The lowest BCUT2D eigenvalue weighted by Gasteiger charge is -2.26. The smallest absolute Gasteiger partial charge is 0.255 e. The normalized spacial score (nSPS) is 14.1. The number of ether oxygens (including phenoxy) is 1. The van der Waals surface area contributed by atoms with Crippen LogP contribution in [0.4, 0.5) is 17.3 Å². The van der Waals surface area contributed by atoms with Crippen molar-refractivity contribution in [2.24, 2.45) is 0 Å². The van der Waals surface area contributed by atoms with Crippen LogP contribution in [0, 0.1) is 6.92 Å². The molecule has 1 aliphatic heterocycles. The first kappa shape index (κ1) is 23.9. The molecule has 1 amide bonds. The zero-order valence-electron chi connectivity index (χ0n) is 20.8. The number of nitrogens with one attached hydrogen (secondary N) is 2. The van der Waals surface area contributed by atoms with Crippen LogP contribution in [0.25, 0.3) is 10.9 Å². The van der Waals surface area contributed by atoms with Gasteiger partial charge in [0.05, 0.1) is 24.4 Å². The molecule has 0 saturated carbocycles. The molecule has 7 nitrogen and oxygen atoms in total. The van der Waals surface area contributed by atoms with E-state index >= 15 is 0 Å². The highest BCUT2D eigenvalue weighted by molar-refractivity contribution is 6.04. The quantitative estimate of drug-likeness (QED) is 0.372. The number of anilines is 3. The number of morpholine rings is 1. The summed E-state index contributed by atoms with van der Waals surface area (Å²) in [6.45, 7) is 8.35. The van der Waals surface area contributed by atoms with Gasteiger partial charge in [0.1, 0.15) is 0 Å². The molecule has 5 rings (SSSR count). The van der Waals surface area contributed by atoms with Crippen LogP contribution in [0.1, 0.15) is 34.1 Å². The van der Waals surface area contributed by atoms with Crippen molar-refractivity contribution >= 4 is 34.1 Å². The summed E-state index contributed by atoms with van der Waals surface area (Å²) in [5.41, 5.74) is 6.38. The van der Waals surface area contributed by atoms with E-state index in [1.807, 2.05) is 55.5 Å². The van der Waals surface area contributed by atoms with Gasteiger partial charge in [-0.25, -0.2) is 9.97 Å². The monoisotopic (exact) mass is 481 g/mol. The molecule has 2 N–H and O–H groups in total. The Morgan fingerprint density at radius 1 is 1.00 bits per heavy atom. The molecule has 4 aromatic rings. The van der Waals surface area contributed by atoms with E-state index in [-0.39, 0.29) is 5.91 Å². The number of rotatable bonds is 7. The summed E-state index contributed by atoms with van der Waals surface area (Å²) >= 11 is 0. The van der Waals surface area contributed by atoms with Gasteiger partial charge in [-0.15, -0.1) is 0 Å². The van der Waals surface area contributed by atoms with Crippen molar-refractivity contribution in [2.75, 3.05) is 36.9 Å². The SMILES string of the molecule is CCc1nc(Nc2ccc(C(=O)Nc3cc(CN4CCOCC4)ccc3C)cc2)nc2ccccc12. The van der Waals surface area contributed by atoms with Crippen molar-refractivity contribution in [3.8, 4) is 0 Å². The van der Waals surface area contributed by atoms with Crippen molar-refractivity contribution in [3.05, 3.63) is 89.1 Å². The van der Waals surface area contributed by atoms with Gasteiger partial charge in [0.25, 0.3) is 5.91 Å². The largest absolute Gasteiger partial charge is 0.379 e. The highest BCUT2D eigenvalue weighted by atomic mass is 16.5. The molecule has 0 spiro atoms. The lowest BCUT2D eigenvalue weighted by molar-refractivity contribution is 0.0342. The first-order valence-corrected chi connectivity index (χ1v) is 12.4. The molecule has 1 aromatic heterocycles. The molecule has 1 fully saturated rings. The average molecular weight is 482 g/mol. The van der Waals surface area contributed by atoms with Crippen LogP contribution in [0.2, 0.25) is 0 Å². The number of hydrogen-bond donors (Lipinski definition) is 2. The number of aryl methyl sites for hydroxylation is 2. The topological polar surface area (TPSA) is 79.4 Å². The minimum Gasteiger partial charge on any atom is -0.379 e. The van der Waals surface area contributed by atoms with Crippen molar-refractivity contribution in [3.63, 3.8) is 0 Å². The standard InChI is InChI=1S/C29H31N5O2/c1-3-25-24-6-4-5-7-26(24)33-29(32-25)30-23-12-10-22(11-13-23)28(35)31-27-18-21(9-8-20(27)2)19-34-14-16-36-17-15-34/h4-13,18H,3,14-17,19H2,1-2H3,(H,31,35)(H,30,32,33). The molecule has 36 heavy (non-hydrogen) atoms.